The van der Waals surface area contributed by atoms with E-state index in [2.05, 4.69) is 20.8 Å². The van der Waals surface area contributed by atoms with Crippen LogP contribution < -0.4 is 0 Å². The third-order valence-corrected chi connectivity index (χ3v) is 4.96. The maximum atomic E-state index is 2.61. The first-order valence-electron chi connectivity index (χ1n) is 7.51. The van der Waals surface area contributed by atoms with Crippen molar-refractivity contribution in [2.45, 2.75) is 32.1 Å². The Morgan fingerprint density at radius 1 is 0.833 bits per heavy atom. The zero-order valence-electron chi connectivity index (χ0n) is 11.4. The highest BCUT2D eigenvalue weighted by atomic mass is 15.7. The Hall–Kier alpha value is -0.420. The van der Waals surface area contributed by atoms with Crippen LogP contribution in [0, 0.1) is 0 Å². The van der Waals surface area contributed by atoms with E-state index in [0.29, 0.717) is 0 Å². The SMILES string of the molecule is C(C[N+]12CN3CN(CN(C3)C1)C2)=C1CCCCC1. The monoisotopic (exact) mass is 249 g/mol. The van der Waals surface area contributed by atoms with Crippen LogP contribution in [0.3, 0.4) is 0 Å². The molecule has 0 aromatic rings. The van der Waals surface area contributed by atoms with Crippen LogP contribution in [-0.4, -0.2) is 65.7 Å². The van der Waals surface area contributed by atoms with Gasteiger partial charge in [0.05, 0.1) is 20.0 Å². The van der Waals surface area contributed by atoms with E-state index in [4.69, 9.17) is 0 Å². The molecule has 0 radical (unpaired) electrons. The summed E-state index contributed by atoms with van der Waals surface area (Å²) in [5.74, 6) is 0. The molecule has 4 aliphatic heterocycles. The second-order valence-electron chi connectivity index (χ2n) is 6.81. The summed E-state index contributed by atoms with van der Waals surface area (Å²) in [4.78, 5) is 7.82. The van der Waals surface area contributed by atoms with E-state index in [9.17, 15) is 0 Å². The van der Waals surface area contributed by atoms with Crippen LogP contribution in [0.2, 0.25) is 0 Å². The molecule has 5 fully saturated rings. The van der Waals surface area contributed by atoms with Crippen molar-refractivity contribution in [1.82, 2.24) is 14.7 Å². The maximum Gasteiger partial charge on any atom is 0.139 e. The molecule has 100 valence electrons. The molecule has 4 bridgehead atoms. The Balaban J connectivity index is 1.47. The smallest absolute Gasteiger partial charge is 0.139 e. The summed E-state index contributed by atoms with van der Waals surface area (Å²) in [5, 5.41) is 0. The van der Waals surface area contributed by atoms with Crippen LogP contribution in [0.5, 0.6) is 0 Å². The largest absolute Gasteiger partial charge is 0.283 e. The minimum atomic E-state index is 1.20. The van der Waals surface area contributed by atoms with E-state index in [-0.39, 0.29) is 0 Å². The molecular formula is C14H25N4+. The van der Waals surface area contributed by atoms with Crippen molar-refractivity contribution in [3.05, 3.63) is 11.6 Å². The normalized spacial score (nSPS) is 46.4. The first kappa shape index (κ1) is 11.4. The van der Waals surface area contributed by atoms with Crippen molar-refractivity contribution in [2.24, 2.45) is 0 Å². The average Bonchev–Trinajstić information content (AvgIpc) is 2.36. The van der Waals surface area contributed by atoms with Gasteiger partial charge in [0.1, 0.15) is 26.6 Å². The lowest BCUT2D eigenvalue weighted by Crippen LogP contribution is -2.79. The highest BCUT2D eigenvalue weighted by molar-refractivity contribution is 5.04. The zero-order valence-corrected chi connectivity index (χ0v) is 11.4. The Kier molecular flexibility index (Phi) is 2.73. The Morgan fingerprint density at radius 3 is 1.94 bits per heavy atom. The Labute approximate surface area is 110 Å². The number of hydrogen-bond donors (Lipinski definition) is 0. The number of rotatable bonds is 2. The average molecular weight is 249 g/mol. The van der Waals surface area contributed by atoms with Gasteiger partial charge in [-0.1, -0.05) is 12.0 Å². The number of allylic oxidation sites excluding steroid dienone is 1. The van der Waals surface area contributed by atoms with Crippen molar-refractivity contribution in [1.29, 1.82) is 0 Å². The highest BCUT2D eigenvalue weighted by Crippen LogP contribution is 2.29. The summed E-state index contributed by atoms with van der Waals surface area (Å²) in [6, 6.07) is 0. The maximum absolute atomic E-state index is 2.61. The lowest BCUT2D eigenvalue weighted by molar-refractivity contribution is -0.975. The number of hydrogen-bond acceptors (Lipinski definition) is 3. The topological polar surface area (TPSA) is 9.72 Å². The third kappa shape index (κ3) is 2.01. The van der Waals surface area contributed by atoms with Gasteiger partial charge in [-0.15, -0.1) is 0 Å². The zero-order chi connectivity index (χ0) is 12.0. The van der Waals surface area contributed by atoms with Gasteiger partial charge in [0.2, 0.25) is 0 Å². The molecular weight excluding hydrogens is 224 g/mol. The molecule has 1 saturated carbocycles. The van der Waals surface area contributed by atoms with Gasteiger partial charge in [0, 0.05) is 0 Å². The second-order valence-corrected chi connectivity index (χ2v) is 6.81. The van der Waals surface area contributed by atoms with Gasteiger partial charge in [0.15, 0.2) is 0 Å². The minimum Gasteiger partial charge on any atom is -0.283 e. The molecule has 0 unspecified atom stereocenters. The molecule has 4 heterocycles. The Morgan fingerprint density at radius 2 is 1.39 bits per heavy atom. The fourth-order valence-corrected chi connectivity index (χ4v) is 4.36. The van der Waals surface area contributed by atoms with E-state index in [1.807, 2.05) is 0 Å². The van der Waals surface area contributed by atoms with Gasteiger partial charge >= 0.3 is 0 Å². The van der Waals surface area contributed by atoms with E-state index >= 15 is 0 Å². The molecule has 5 rings (SSSR count). The first-order valence-corrected chi connectivity index (χ1v) is 7.51. The van der Waals surface area contributed by atoms with E-state index in [1.165, 1.54) is 83.1 Å². The van der Waals surface area contributed by atoms with Crippen molar-refractivity contribution in [3.63, 3.8) is 0 Å². The molecule has 0 aromatic heterocycles. The van der Waals surface area contributed by atoms with Gasteiger partial charge in [0.25, 0.3) is 0 Å². The summed E-state index contributed by atoms with van der Waals surface area (Å²) < 4.78 is 1.27. The number of quaternary nitrogens is 1. The van der Waals surface area contributed by atoms with Crippen LogP contribution in [0.4, 0.5) is 0 Å². The quantitative estimate of drug-likeness (QED) is 0.541. The van der Waals surface area contributed by atoms with Gasteiger partial charge in [-0.05, 0) is 31.8 Å². The molecule has 4 heteroatoms. The van der Waals surface area contributed by atoms with Crippen LogP contribution >= 0.6 is 0 Å². The molecule has 0 aromatic carbocycles. The lowest BCUT2D eigenvalue weighted by atomic mass is 9.94. The van der Waals surface area contributed by atoms with Crippen LogP contribution in [0.25, 0.3) is 0 Å². The summed E-state index contributed by atoms with van der Waals surface area (Å²) in [6.07, 6.45) is 9.64. The summed E-state index contributed by atoms with van der Waals surface area (Å²) in [7, 11) is 0. The summed E-state index contributed by atoms with van der Waals surface area (Å²) in [6.45, 7) is 8.69. The van der Waals surface area contributed by atoms with Crippen molar-refractivity contribution < 1.29 is 4.48 Å². The predicted octanol–water partition coefficient (Wildman–Crippen LogP) is 1.39. The Bertz CT molecular complexity index is 320. The molecule has 0 spiro atoms. The van der Waals surface area contributed by atoms with Crippen LogP contribution in [-0.2, 0) is 0 Å². The summed E-state index contributed by atoms with van der Waals surface area (Å²) >= 11 is 0. The minimum absolute atomic E-state index is 1.20. The molecule has 1 aliphatic carbocycles. The van der Waals surface area contributed by atoms with Crippen molar-refractivity contribution >= 4 is 0 Å². The van der Waals surface area contributed by atoms with Gasteiger partial charge < -0.3 is 0 Å². The second kappa shape index (κ2) is 4.30. The fourth-order valence-electron chi connectivity index (χ4n) is 4.36. The van der Waals surface area contributed by atoms with Crippen LogP contribution in [0.1, 0.15) is 32.1 Å². The number of nitrogens with zero attached hydrogens (tertiary/aromatic N) is 4. The standard InChI is InChI=1S/C14H25N4/c1-2-4-14(5-3-1)6-7-18-11-15-8-16(12-18)10-17(9-15)13-18/h6H,1-5,7-13H2/q+1. The van der Waals surface area contributed by atoms with Crippen molar-refractivity contribution in [3.8, 4) is 0 Å². The lowest BCUT2D eigenvalue weighted by Gasteiger charge is -2.60. The van der Waals surface area contributed by atoms with Gasteiger partial charge in [-0.3, -0.25) is 4.48 Å². The third-order valence-electron chi connectivity index (χ3n) is 4.96. The van der Waals surface area contributed by atoms with Gasteiger partial charge in [-0.2, -0.15) is 0 Å². The molecule has 0 N–H and O–H groups in total. The van der Waals surface area contributed by atoms with E-state index in [0.717, 1.165) is 0 Å². The fraction of sp³-hybridized carbons (Fsp3) is 0.857. The van der Waals surface area contributed by atoms with Crippen molar-refractivity contribution in [2.75, 3.05) is 46.6 Å². The molecule has 4 saturated heterocycles. The molecule has 0 amide bonds. The van der Waals surface area contributed by atoms with Crippen LogP contribution in [0.15, 0.2) is 11.6 Å². The molecule has 18 heavy (non-hydrogen) atoms. The predicted molar refractivity (Wildman–Crippen MR) is 71.0 cm³/mol. The van der Waals surface area contributed by atoms with E-state index in [1.54, 1.807) is 5.57 Å². The summed E-state index contributed by atoms with van der Waals surface area (Å²) in [5.41, 5.74) is 1.75. The van der Waals surface area contributed by atoms with E-state index < -0.39 is 0 Å². The molecule has 5 aliphatic rings. The molecule has 4 nitrogen and oxygen atoms in total. The van der Waals surface area contributed by atoms with Gasteiger partial charge in [-0.25, -0.2) is 14.7 Å². The highest BCUT2D eigenvalue weighted by Gasteiger charge is 2.47. The molecule has 0 atom stereocenters. The first-order chi connectivity index (χ1) is 8.81.